The molecule has 0 spiro atoms. The van der Waals surface area contributed by atoms with Crippen molar-refractivity contribution >= 4 is 29.3 Å². The maximum Gasteiger partial charge on any atom is 0.337 e. The van der Waals surface area contributed by atoms with E-state index >= 15 is 0 Å². The van der Waals surface area contributed by atoms with Gasteiger partial charge in [-0.3, -0.25) is 0 Å². The summed E-state index contributed by atoms with van der Waals surface area (Å²) in [5.74, 6) is -1.06. The fourth-order valence-electron chi connectivity index (χ4n) is 1.37. The first-order valence-electron chi connectivity index (χ1n) is 5.17. The minimum Gasteiger partial charge on any atom is -0.478 e. The van der Waals surface area contributed by atoms with Gasteiger partial charge in [0.1, 0.15) is 11.8 Å². The third-order valence-electron chi connectivity index (χ3n) is 2.25. The molecule has 0 fully saturated rings. The van der Waals surface area contributed by atoms with Crippen LogP contribution in [0, 0.1) is 11.3 Å². The summed E-state index contributed by atoms with van der Waals surface area (Å²) in [6.07, 6.45) is 1.57. The zero-order valence-corrected chi connectivity index (χ0v) is 11.1. The van der Waals surface area contributed by atoms with E-state index in [1.807, 2.05) is 6.07 Å². The molecule has 0 saturated heterocycles. The predicted molar refractivity (Wildman–Crippen MR) is 71.5 cm³/mol. The molecule has 0 radical (unpaired) electrons. The summed E-state index contributed by atoms with van der Waals surface area (Å²) in [5.41, 5.74) is 0.403. The van der Waals surface area contributed by atoms with Gasteiger partial charge in [0, 0.05) is 16.0 Å². The highest BCUT2D eigenvalue weighted by atomic mass is 35.5. The number of carbonyl (C=O) groups is 1. The van der Waals surface area contributed by atoms with Crippen molar-refractivity contribution in [1.82, 2.24) is 4.98 Å². The highest BCUT2D eigenvalue weighted by Crippen LogP contribution is 2.30. The fourth-order valence-corrected chi connectivity index (χ4v) is 2.40. The Morgan fingerprint density at radius 2 is 2.05 bits per heavy atom. The lowest BCUT2D eigenvalue weighted by Crippen LogP contribution is -1.97. The van der Waals surface area contributed by atoms with Crippen molar-refractivity contribution < 1.29 is 9.90 Å². The molecule has 0 atom stereocenters. The predicted octanol–water partition coefficient (Wildman–Crippen LogP) is 3.46. The number of hydrogen-bond donors (Lipinski definition) is 1. The highest BCUT2D eigenvalue weighted by molar-refractivity contribution is 7.99. The van der Waals surface area contributed by atoms with Crippen molar-refractivity contribution in [3.63, 3.8) is 0 Å². The van der Waals surface area contributed by atoms with Gasteiger partial charge in [0.05, 0.1) is 10.6 Å². The quantitative estimate of drug-likeness (QED) is 0.937. The summed E-state index contributed by atoms with van der Waals surface area (Å²) in [6.45, 7) is 0. The van der Waals surface area contributed by atoms with Gasteiger partial charge in [-0.15, -0.1) is 0 Å². The van der Waals surface area contributed by atoms with Crippen LogP contribution in [0.3, 0.4) is 0 Å². The van der Waals surface area contributed by atoms with Crippen LogP contribution in [0.2, 0.25) is 5.02 Å². The van der Waals surface area contributed by atoms with E-state index in [2.05, 4.69) is 4.98 Å². The molecule has 6 heteroatoms. The lowest BCUT2D eigenvalue weighted by atomic mass is 10.2. The van der Waals surface area contributed by atoms with Gasteiger partial charge >= 0.3 is 5.97 Å². The number of nitrogens with zero attached hydrogens (tertiary/aromatic N) is 2. The molecule has 94 valence electrons. The van der Waals surface area contributed by atoms with Crippen molar-refractivity contribution in [3.8, 4) is 6.07 Å². The highest BCUT2D eigenvalue weighted by Gasteiger charge is 2.10. The zero-order chi connectivity index (χ0) is 13.8. The third kappa shape index (κ3) is 3.25. The second-order valence-electron chi connectivity index (χ2n) is 3.54. The topological polar surface area (TPSA) is 74.0 Å². The van der Waals surface area contributed by atoms with Gasteiger partial charge in [0.2, 0.25) is 0 Å². The van der Waals surface area contributed by atoms with Crippen LogP contribution in [-0.2, 0) is 0 Å². The van der Waals surface area contributed by atoms with Crippen molar-refractivity contribution in [2.75, 3.05) is 0 Å². The van der Waals surface area contributed by atoms with Crippen LogP contribution in [0.4, 0.5) is 0 Å². The summed E-state index contributed by atoms with van der Waals surface area (Å²) in [7, 11) is 0. The standard InChI is InChI=1S/C13H7ClN2O2S/c14-12-4-3-9(5-11(12)13(17)18)19-10-2-1-8(6-15)16-7-10/h1-5,7H,(H,17,18). The lowest BCUT2D eigenvalue weighted by molar-refractivity contribution is 0.0697. The molecule has 0 aliphatic heterocycles. The molecule has 0 aliphatic carbocycles. The van der Waals surface area contributed by atoms with E-state index < -0.39 is 5.97 Å². The van der Waals surface area contributed by atoms with Crippen molar-refractivity contribution in [1.29, 1.82) is 5.26 Å². The molecule has 0 bridgehead atoms. The van der Waals surface area contributed by atoms with E-state index in [9.17, 15) is 4.79 Å². The lowest BCUT2D eigenvalue weighted by Gasteiger charge is -2.04. The Morgan fingerprint density at radius 3 is 2.63 bits per heavy atom. The van der Waals surface area contributed by atoms with Gasteiger partial charge in [-0.2, -0.15) is 5.26 Å². The summed E-state index contributed by atoms with van der Waals surface area (Å²) in [6, 6.07) is 10.1. The maximum atomic E-state index is 11.0. The average Bonchev–Trinajstić information content (AvgIpc) is 2.41. The second-order valence-corrected chi connectivity index (χ2v) is 5.09. The number of carboxylic acid groups (broad SMARTS) is 1. The zero-order valence-electron chi connectivity index (χ0n) is 9.50. The Kier molecular flexibility index (Phi) is 4.05. The molecule has 0 amide bonds. The fraction of sp³-hybridized carbons (Fsp3) is 0. The number of aromatic carboxylic acids is 1. The minimum atomic E-state index is -1.06. The van der Waals surface area contributed by atoms with Crippen LogP contribution in [0.5, 0.6) is 0 Å². The Labute approximate surface area is 118 Å². The molecule has 1 aromatic heterocycles. The number of rotatable bonds is 3. The molecular formula is C13H7ClN2O2S. The summed E-state index contributed by atoms with van der Waals surface area (Å²) >= 11 is 7.15. The van der Waals surface area contributed by atoms with Crippen molar-refractivity contribution in [3.05, 3.63) is 52.8 Å². The number of benzene rings is 1. The van der Waals surface area contributed by atoms with Crippen LogP contribution < -0.4 is 0 Å². The molecular weight excluding hydrogens is 284 g/mol. The van der Waals surface area contributed by atoms with Crippen LogP contribution in [0.25, 0.3) is 0 Å². The molecule has 19 heavy (non-hydrogen) atoms. The van der Waals surface area contributed by atoms with E-state index in [1.165, 1.54) is 17.8 Å². The van der Waals surface area contributed by atoms with Crippen LogP contribution in [-0.4, -0.2) is 16.1 Å². The second kappa shape index (κ2) is 5.74. The molecule has 0 unspecified atom stereocenters. The number of hydrogen-bond acceptors (Lipinski definition) is 4. The molecule has 1 heterocycles. The Morgan fingerprint density at radius 1 is 1.32 bits per heavy atom. The molecule has 0 aliphatic rings. The van der Waals surface area contributed by atoms with Gasteiger partial charge in [-0.1, -0.05) is 23.4 Å². The number of carboxylic acids is 1. The molecule has 2 rings (SSSR count). The normalized spacial score (nSPS) is 9.89. The SMILES string of the molecule is N#Cc1ccc(Sc2ccc(Cl)c(C(=O)O)c2)cn1. The monoisotopic (exact) mass is 290 g/mol. The van der Waals surface area contributed by atoms with E-state index in [0.29, 0.717) is 5.69 Å². The van der Waals surface area contributed by atoms with Crippen molar-refractivity contribution in [2.45, 2.75) is 9.79 Å². The van der Waals surface area contributed by atoms with Crippen LogP contribution in [0.1, 0.15) is 16.1 Å². The van der Waals surface area contributed by atoms with Gasteiger partial charge in [0.15, 0.2) is 0 Å². The number of aromatic nitrogens is 1. The number of nitriles is 1. The minimum absolute atomic E-state index is 0.0632. The molecule has 4 nitrogen and oxygen atoms in total. The Balaban J connectivity index is 2.25. The van der Waals surface area contributed by atoms with Gasteiger partial charge in [-0.25, -0.2) is 9.78 Å². The number of halogens is 1. The summed E-state index contributed by atoms with van der Waals surface area (Å²) in [5, 5.41) is 17.8. The van der Waals surface area contributed by atoms with Crippen molar-refractivity contribution in [2.24, 2.45) is 0 Å². The smallest absolute Gasteiger partial charge is 0.337 e. The van der Waals surface area contributed by atoms with Crippen LogP contribution >= 0.6 is 23.4 Å². The van der Waals surface area contributed by atoms with Gasteiger partial charge in [-0.05, 0) is 30.3 Å². The first-order chi connectivity index (χ1) is 9.10. The molecule has 0 saturated carbocycles. The van der Waals surface area contributed by atoms with E-state index in [0.717, 1.165) is 9.79 Å². The summed E-state index contributed by atoms with van der Waals surface area (Å²) in [4.78, 5) is 16.5. The largest absolute Gasteiger partial charge is 0.478 e. The van der Waals surface area contributed by atoms with E-state index in [-0.39, 0.29) is 10.6 Å². The Bertz CT molecular complexity index is 665. The van der Waals surface area contributed by atoms with E-state index in [1.54, 1.807) is 30.5 Å². The van der Waals surface area contributed by atoms with Gasteiger partial charge in [0.25, 0.3) is 0 Å². The maximum absolute atomic E-state index is 11.0. The first-order valence-corrected chi connectivity index (χ1v) is 6.36. The van der Waals surface area contributed by atoms with Crippen LogP contribution in [0.15, 0.2) is 46.3 Å². The third-order valence-corrected chi connectivity index (χ3v) is 3.55. The van der Waals surface area contributed by atoms with E-state index in [4.69, 9.17) is 22.0 Å². The average molecular weight is 291 g/mol. The first kappa shape index (κ1) is 13.4. The molecule has 1 N–H and O–H groups in total. The summed E-state index contributed by atoms with van der Waals surface area (Å²) < 4.78 is 0. The Hall–Kier alpha value is -2.03. The molecule has 1 aromatic carbocycles. The number of pyridine rings is 1. The molecule has 2 aromatic rings. The van der Waals surface area contributed by atoms with Gasteiger partial charge < -0.3 is 5.11 Å².